The monoisotopic (exact) mass is 416 g/mol. The predicted octanol–water partition coefficient (Wildman–Crippen LogP) is 3.21. The molecule has 2 aromatic heterocycles. The molecule has 7 heteroatoms. The number of aromatic nitrogens is 2. The van der Waals surface area contributed by atoms with Gasteiger partial charge >= 0.3 is 11.9 Å². The number of carbonyl (C=O) groups is 2. The van der Waals surface area contributed by atoms with Crippen LogP contribution in [-0.4, -0.2) is 21.5 Å². The Morgan fingerprint density at radius 2 is 2.10 bits per heavy atom. The van der Waals surface area contributed by atoms with Crippen molar-refractivity contribution in [1.29, 1.82) is 0 Å². The molecule has 0 unspecified atom stereocenters. The molecule has 2 aliphatic rings. The van der Waals surface area contributed by atoms with Crippen LogP contribution in [0.2, 0.25) is 0 Å². The number of pyridine rings is 2. The average Bonchev–Trinajstić information content (AvgIpc) is 3.12. The first-order valence-electron chi connectivity index (χ1n) is 10.2. The lowest BCUT2D eigenvalue weighted by Crippen LogP contribution is -2.47. The molecule has 0 spiro atoms. The zero-order valence-electron chi connectivity index (χ0n) is 17.2. The summed E-state index contributed by atoms with van der Waals surface area (Å²) in [5, 5.41) is 0.994. The van der Waals surface area contributed by atoms with Gasteiger partial charge in [-0.05, 0) is 31.5 Å². The molecule has 0 amide bonds. The van der Waals surface area contributed by atoms with Gasteiger partial charge in [0.25, 0.3) is 5.56 Å². The van der Waals surface area contributed by atoms with Crippen LogP contribution in [0.25, 0.3) is 22.3 Å². The number of carbonyl (C=O) groups excluding carboxylic acids is 2. The van der Waals surface area contributed by atoms with Crippen LogP contribution in [0.1, 0.15) is 37.0 Å². The number of para-hydroxylation sites is 1. The summed E-state index contributed by atoms with van der Waals surface area (Å²) < 4.78 is 12.6. The van der Waals surface area contributed by atoms with E-state index in [0.29, 0.717) is 29.1 Å². The van der Waals surface area contributed by atoms with Crippen molar-refractivity contribution >= 4 is 22.8 Å². The standard InChI is InChI=1S/C24H20N2O5/c1-3-7-20(27)31-24(4-2)17-11-19-21-15(10-14-8-5-6-9-18(14)25-21)12-26(19)22(28)16(17)13-30-23(24)29/h3,5-11H,4,12-13H2,1-2H3/b7-3+/t24-/m0/s1. The maximum atomic E-state index is 13.4. The Morgan fingerprint density at radius 3 is 2.87 bits per heavy atom. The number of esters is 2. The minimum absolute atomic E-state index is 0.142. The average molecular weight is 416 g/mol. The molecule has 156 valence electrons. The Hall–Kier alpha value is -3.74. The predicted molar refractivity (Wildman–Crippen MR) is 113 cm³/mol. The number of fused-ring (bicyclic) bond motifs is 5. The molecule has 0 aliphatic carbocycles. The first-order chi connectivity index (χ1) is 15.0. The van der Waals surface area contributed by atoms with Gasteiger partial charge in [-0.15, -0.1) is 0 Å². The molecule has 0 saturated heterocycles. The Balaban J connectivity index is 1.75. The lowest BCUT2D eigenvalue weighted by atomic mass is 9.85. The summed E-state index contributed by atoms with van der Waals surface area (Å²) in [5.41, 5.74) is 1.83. The Morgan fingerprint density at radius 1 is 1.29 bits per heavy atom. The molecule has 5 rings (SSSR count). The molecule has 1 aromatic carbocycles. The van der Waals surface area contributed by atoms with Gasteiger partial charge in [-0.25, -0.2) is 14.6 Å². The van der Waals surface area contributed by atoms with Crippen LogP contribution in [0.5, 0.6) is 0 Å². The third-order valence-corrected chi connectivity index (χ3v) is 5.96. The van der Waals surface area contributed by atoms with Crippen LogP contribution in [0.15, 0.2) is 53.3 Å². The number of nitrogens with zero attached hydrogens (tertiary/aromatic N) is 2. The Labute approximate surface area is 177 Å². The van der Waals surface area contributed by atoms with E-state index in [1.807, 2.05) is 30.3 Å². The number of benzene rings is 1. The van der Waals surface area contributed by atoms with Crippen LogP contribution in [0.3, 0.4) is 0 Å². The lowest BCUT2D eigenvalue weighted by molar-refractivity contribution is -0.186. The quantitative estimate of drug-likeness (QED) is 0.377. The van der Waals surface area contributed by atoms with Crippen molar-refractivity contribution in [3.05, 3.63) is 75.6 Å². The van der Waals surface area contributed by atoms with Crippen molar-refractivity contribution in [2.75, 3.05) is 0 Å². The summed E-state index contributed by atoms with van der Waals surface area (Å²) in [5.74, 6) is -1.34. The van der Waals surface area contributed by atoms with E-state index in [0.717, 1.165) is 16.5 Å². The van der Waals surface area contributed by atoms with Crippen molar-refractivity contribution in [2.45, 2.75) is 39.0 Å². The number of rotatable bonds is 3. The van der Waals surface area contributed by atoms with E-state index in [1.54, 1.807) is 24.5 Å². The highest BCUT2D eigenvalue weighted by atomic mass is 16.6. The van der Waals surface area contributed by atoms with Gasteiger partial charge in [0.05, 0.1) is 29.0 Å². The first kappa shape index (κ1) is 19.2. The van der Waals surface area contributed by atoms with E-state index in [4.69, 9.17) is 14.5 Å². The summed E-state index contributed by atoms with van der Waals surface area (Å²) in [7, 11) is 0. The lowest BCUT2D eigenvalue weighted by Gasteiger charge is -2.35. The van der Waals surface area contributed by atoms with Crippen molar-refractivity contribution < 1.29 is 19.1 Å². The molecule has 4 heterocycles. The number of hydrogen-bond donors (Lipinski definition) is 0. The molecule has 2 aliphatic heterocycles. The van der Waals surface area contributed by atoms with Crippen molar-refractivity contribution in [3.8, 4) is 11.4 Å². The van der Waals surface area contributed by atoms with Gasteiger partial charge in [0.2, 0.25) is 5.60 Å². The van der Waals surface area contributed by atoms with Gasteiger partial charge in [0.15, 0.2) is 0 Å². The van der Waals surface area contributed by atoms with E-state index < -0.39 is 17.5 Å². The van der Waals surface area contributed by atoms with E-state index >= 15 is 0 Å². The molecule has 3 aromatic rings. The van der Waals surface area contributed by atoms with Gasteiger partial charge in [0.1, 0.15) is 6.61 Å². The number of ether oxygens (including phenoxy) is 2. The second-order valence-corrected chi connectivity index (χ2v) is 7.68. The second kappa shape index (κ2) is 6.91. The minimum atomic E-state index is -1.67. The van der Waals surface area contributed by atoms with Crippen LogP contribution < -0.4 is 5.56 Å². The number of cyclic esters (lactones) is 1. The Kier molecular flexibility index (Phi) is 4.28. The van der Waals surface area contributed by atoms with Gasteiger partial charge in [-0.1, -0.05) is 31.2 Å². The Bertz CT molecular complexity index is 1350. The summed E-state index contributed by atoms with van der Waals surface area (Å²) in [6.07, 6.45) is 2.91. The smallest absolute Gasteiger partial charge is 0.355 e. The fourth-order valence-electron chi connectivity index (χ4n) is 4.42. The van der Waals surface area contributed by atoms with E-state index in [2.05, 4.69) is 0 Å². The molecule has 0 bridgehead atoms. The minimum Gasteiger partial charge on any atom is -0.457 e. The highest BCUT2D eigenvalue weighted by molar-refractivity contribution is 5.90. The zero-order chi connectivity index (χ0) is 21.8. The highest BCUT2D eigenvalue weighted by Gasteiger charge is 2.50. The maximum absolute atomic E-state index is 13.4. The molecule has 0 fully saturated rings. The largest absolute Gasteiger partial charge is 0.457 e. The summed E-state index contributed by atoms with van der Waals surface area (Å²) in [6, 6.07) is 11.5. The normalized spacial score (nSPS) is 19.1. The third-order valence-electron chi connectivity index (χ3n) is 5.96. The summed E-state index contributed by atoms with van der Waals surface area (Å²) >= 11 is 0. The molecule has 31 heavy (non-hydrogen) atoms. The highest BCUT2D eigenvalue weighted by Crippen LogP contribution is 2.40. The fraction of sp³-hybridized carbons (Fsp3) is 0.250. The fourth-order valence-corrected chi connectivity index (χ4v) is 4.42. The number of allylic oxidation sites excluding steroid dienone is 1. The zero-order valence-corrected chi connectivity index (χ0v) is 17.2. The van der Waals surface area contributed by atoms with Gasteiger partial charge in [-0.2, -0.15) is 0 Å². The molecule has 0 radical (unpaired) electrons. The molecule has 0 N–H and O–H groups in total. The molecular formula is C24H20N2O5. The molecule has 1 atom stereocenters. The van der Waals surface area contributed by atoms with Gasteiger partial charge < -0.3 is 14.0 Å². The van der Waals surface area contributed by atoms with Gasteiger partial charge in [-0.3, -0.25) is 4.79 Å². The van der Waals surface area contributed by atoms with Crippen LogP contribution >= 0.6 is 0 Å². The van der Waals surface area contributed by atoms with Crippen LogP contribution in [0.4, 0.5) is 0 Å². The topological polar surface area (TPSA) is 87.5 Å². The van der Waals surface area contributed by atoms with E-state index in [1.165, 1.54) is 12.2 Å². The SMILES string of the molecule is C/C=C/C(=O)O[C@]1(CC)C(=O)OCc2c1cc1n(c2=O)Cc2cc3ccccc3nc2-1. The van der Waals surface area contributed by atoms with Crippen molar-refractivity contribution in [1.82, 2.24) is 9.55 Å². The van der Waals surface area contributed by atoms with E-state index in [9.17, 15) is 14.4 Å². The third kappa shape index (κ3) is 2.73. The summed E-state index contributed by atoms with van der Waals surface area (Å²) in [4.78, 5) is 43.3. The molecule has 0 saturated carbocycles. The number of hydrogen-bond acceptors (Lipinski definition) is 6. The van der Waals surface area contributed by atoms with Crippen LogP contribution in [0, 0.1) is 0 Å². The first-order valence-corrected chi connectivity index (χ1v) is 10.2. The van der Waals surface area contributed by atoms with Crippen LogP contribution in [-0.2, 0) is 37.8 Å². The van der Waals surface area contributed by atoms with E-state index in [-0.39, 0.29) is 18.6 Å². The molecular weight excluding hydrogens is 396 g/mol. The molecule has 7 nitrogen and oxygen atoms in total. The van der Waals surface area contributed by atoms with Crippen molar-refractivity contribution in [2.24, 2.45) is 0 Å². The summed E-state index contributed by atoms with van der Waals surface area (Å²) in [6.45, 7) is 3.64. The van der Waals surface area contributed by atoms with Crippen molar-refractivity contribution in [3.63, 3.8) is 0 Å². The van der Waals surface area contributed by atoms with Gasteiger partial charge in [0, 0.05) is 22.6 Å². The maximum Gasteiger partial charge on any atom is 0.355 e. The second-order valence-electron chi connectivity index (χ2n) is 7.68.